The van der Waals surface area contributed by atoms with E-state index in [1.165, 1.54) is 5.56 Å². The summed E-state index contributed by atoms with van der Waals surface area (Å²) < 4.78 is 1.90. The second kappa shape index (κ2) is 5.36. The molecule has 2 N–H and O–H groups in total. The normalized spacial score (nSPS) is 12.9. The minimum absolute atomic E-state index is 0.00878. The lowest BCUT2D eigenvalue weighted by Crippen LogP contribution is -2.18. The molecule has 1 aromatic carbocycles. The summed E-state index contributed by atoms with van der Waals surface area (Å²) in [5.74, 6) is 0.559. The van der Waals surface area contributed by atoms with E-state index in [1.807, 2.05) is 23.9 Å². The third kappa shape index (κ3) is 2.99. The highest BCUT2D eigenvalue weighted by Crippen LogP contribution is 2.18. The molecule has 0 saturated heterocycles. The van der Waals surface area contributed by atoms with Crippen LogP contribution < -0.4 is 5.73 Å². The van der Waals surface area contributed by atoms with Crippen molar-refractivity contribution in [3.63, 3.8) is 0 Å². The van der Waals surface area contributed by atoms with E-state index in [-0.39, 0.29) is 6.04 Å². The topological polar surface area (TPSA) is 43.8 Å². The minimum Gasteiger partial charge on any atom is -0.322 e. The summed E-state index contributed by atoms with van der Waals surface area (Å²) in [4.78, 5) is 0. The Balaban J connectivity index is 2.06. The molecule has 0 bridgehead atoms. The predicted octanol–water partition coefficient (Wildman–Crippen LogP) is 3.01. The third-order valence-electron chi connectivity index (χ3n) is 3.19. The average molecular weight is 243 g/mol. The second-order valence-corrected chi connectivity index (χ2v) is 5.11. The molecule has 3 heteroatoms. The lowest BCUT2D eigenvalue weighted by atomic mass is 9.99. The fourth-order valence-electron chi connectivity index (χ4n) is 2.00. The Bertz CT molecular complexity index is 497. The predicted molar refractivity (Wildman–Crippen MR) is 74.4 cm³/mol. The van der Waals surface area contributed by atoms with Gasteiger partial charge in [0, 0.05) is 12.2 Å². The van der Waals surface area contributed by atoms with E-state index in [1.54, 1.807) is 0 Å². The van der Waals surface area contributed by atoms with Crippen molar-refractivity contribution in [3.05, 3.63) is 53.3 Å². The van der Waals surface area contributed by atoms with Crippen molar-refractivity contribution >= 4 is 0 Å². The van der Waals surface area contributed by atoms with E-state index >= 15 is 0 Å². The van der Waals surface area contributed by atoms with Crippen LogP contribution in [0.4, 0.5) is 0 Å². The number of hydrogen-bond donors (Lipinski definition) is 1. The highest BCUT2D eigenvalue weighted by Gasteiger charge is 2.08. The van der Waals surface area contributed by atoms with Crippen LogP contribution in [-0.2, 0) is 6.54 Å². The summed E-state index contributed by atoms with van der Waals surface area (Å²) >= 11 is 0. The van der Waals surface area contributed by atoms with Crippen LogP contribution in [-0.4, -0.2) is 9.78 Å². The number of rotatable bonds is 4. The van der Waals surface area contributed by atoms with Crippen LogP contribution in [0, 0.1) is 6.92 Å². The number of aromatic nitrogens is 2. The molecule has 0 spiro atoms. The Morgan fingerprint density at radius 3 is 2.22 bits per heavy atom. The SMILES string of the molecule is Cc1ccn(CC(N)c2ccc(C(C)C)cc2)n1. The van der Waals surface area contributed by atoms with Gasteiger partial charge >= 0.3 is 0 Å². The Kier molecular flexibility index (Phi) is 3.82. The molecular formula is C15H21N3. The van der Waals surface area contributed by atoms with Gasteiger partial charge in [-0.3, -0.25) is 4.68 Å². The lowest BCUT2D eigenvalue weighted by Gasteiger charge is -2.13. The van der Waals surface area contributed by atoms with Crippen LogP contribution in [0.1, 0.15) is 42.6 Å². The first-order valence-electron chi connectivity index (χ1n) is 6.42. The van der Waals surface area contributed by atoms with Gasteiger partial charge in [0.1, 0.15) is 0 Å². The summed E-state index contributed by atoms with van der Waals surface area (Å²) in [6.07, 6.45) is 1.97. The first kappa shape index (κ1) is 12.8. The van der Waals surface area contributed by atoms with Gasteiger partial charge in [0.2, 0.25) is 0 Å². The molecule has 0 fully saturated rings. The summed E-state index contributed by atoms with van der Waals surface area (Å²) in [5, 5.41) is 4.36. The summed E-state index contributed by atoms with van der Waals surface area (Å²) in [7, 11) is 0. The molecular weight excluding hydrogens is 222 g/mol. The standard InChI is InChI=1S/C15H21N3/c1-11(2)13-4-6-14(7-5-13)15(16)10-18-9-8-12(3)17-18/h4-9,11,15H,10,16H2,1-3H3. The molecule has 0 aliphatic heterocycles. The monoisotopic (exact) mass is 243 g/mol. The molecule has 0 saturated carbocycles. The molecule has 3 nitrogen and oxygen atoms in total. The molecule has 1 heterocycles. The number of nitrogens with zero attached hydrogens (tertiary/aromatic N) is 2. The summed E-state index contributed by atoms with van der Waals surface area (Å²) in [5.41, 5.74) is 9.73. The van der Waals surface area contributed by atoms with Gasteiger partial charge in [-0.2, -0.15) is 5.10 Å². The van der Waals surface area contributed by atoms with Crippen molar-refractivity contribution in [1.82, 2.24) is 9.78 Å². The number of hydrogen-bond acceptors (Lipinski definition) is 2. The van der Waals surface area contributed by atoms with Crippen molar-refractivity contribution in [2.24, 2.45) is 5.73 Å². The molecule has 18 heavy (non-hydrogen) atoms. The van der Waals surface area contributed by atoms with E-state index in [9.17, 15) is 0 Å². The second-order valence-electron chi connectivity index (χ2n) is 5.11. The van der Waals surface area contributed by atoms with Crippen LogP contribution in [0.15, 0.2) is 36.5 Å². The quantitative estimate of drug-likeness (QED) is 0.897. The molecule has 1 aromatic heterocycles. The number of nitrogens with two attached hydrogens (primary N) is 1. The first-order valence-corrected chi connectivity index (χ1v) is 6.42. The fraction of sp³-hybridized carbons (Fsp3) is 0.400. The zero-order chi connectivity index (χ0) is 13.1. The molecule has 1 unspecified atom stereocenters. The van der Waals surface area contributed by atoms with Gasteiger partial charge in [-0.15, -0.1) is 0 Å². The lowest BCUT2D eigenvalue weighted by molar-refractivity contribution is 0.525. The van der Waals surface area contributed by atoms with Crippen molar-refractivity contribution < 1.29 is 0 Å². The van der Waals surface area contributed by atoms with E-state index in [4.69, 9.17) is 5.73 Å². The van der Waals surface area contributed by atoms with Gasteiger partial charge in [-0.05, 0) is 30.0 Å². The van der Waals surface area contributed by atoms with E-state index < -0.39 is 0 Å². The number of aryl methyl sites for hydroxylation is 1. The molecule has 0 aliphatic carbocycles. The maximum Gasteiger partial charge on any atom is 0.0602 e. The Hall–Kier alpha value is -1.61. The molecule has 2 aromatic rings. The van der Waals surface area contributed by atoms with Gasteiger partial charge in [0.05, 0.1) is 12.2 Å². The summed E-state index contributed by atoms with van der Waals surface area (Å²) in [6.45, 7) is 7.09. The zero-order valence-corrected chi connectivity index (χ0v) is 11.3. The fourth-order valence-corrected chi connectivity index (χ4v) is 2.00. The summed E-state index contributed by atoms with van der Waals surface area (Å²) in [6, 6.07) is 10.6. The van der Waals surface area contributed by atoms with Crippen LogP contribution in [0.25, 0.3) is 0 Å². The zero-order valence-electron chi connectivity index (χ0n) is 11.3. The van der Waals surface area contributed by atoms with Crippen LogP contribution in [0.3, 0.4) is 0 Å². The minimum atomic E-state index is -0.00878. The molecule has 2 rings (SSSR count). The Morgan fingerprint density at radius 2 is 1.72 bits per heavy atom. The molecule has 0 radical (unpaired) electrons. The van der Waals surface area contributed by atoms with E-state index in [0.717, 1.165) is 17.8 Å². The van der Waals surface area contributed by atoms with Crippen molar-refractivity contribution in [3.8, 4) is 0 Å². The highest BCUT2D eigenvalue weighted by atomic mass is 15.3. The van der Waals surface area contributed by atoms with Crippen molar-refractivity contribution in [2.75, 3.05) is 0 Å². The van der Waals surface area contributed by atoms with Gasteiger partial charge in [-0.25, -0.2) is 0 Å². The van der Waals surface area contributed by atoms with Crippen molar-refractivity contribution in [2.45, 2.75) is 39.3 Å². The maximum absolute atomic E-state index is 6.20. The average Bonchev–Trinajstić information content (AvgIpc) is 2.75. The number of benzene rings is 1. The van der Waals surface area contributed by atoms with Crippen LogP contribution >= 0.6 is 0 Å². The molecule has 0 aliphatic rings. The Morgan fingerprint density at radius 1 is 1.11 bits per heavy atom. The van der Waals surface area contributed by atoms with Gasteiger partial charge in [0.15, 0.2) is 0 Å². The van der Waals surface area contributed by atoms with Crippen LogP contribution in [0.2, 0.25) is 0 Å². The molecule has 0 amide bonds. The third-order valence-corrected chi connectivity index (χ3v) is 3.19. The van der Waals surface area contributed by atoms with Crippen molar-refractivity contribution in [1.29, 1.82) is 0 Å². The largest absolute Gasteiger partial charge is 0.322 e. The van der Waals surface area contributed by atoms with E-state index in [0.29, 0.717) is 5.92 Å². The first-order chi connectivity index (χ1) is 8.56. The highest BCUT2D eigenvalue weighted by molar-refractivity contribution is 5.26. The maximum atomic E-state index is 6.20. The van der Waals surface area contributed by atoms with Gasteiger partial charge in [0.25, 0.3) is 0 Å². The van der Waals surface area contributed by atoms with Crippen LogP contribution in [0.5, 0.6) is 0 Å². The van der Waals surface area contributed by atoms with Gasteiger partial charge in [-0.1, -0.05) is 38.1 Å². The smallest absolute Gasteiger partial charge is 0.0602 e. The molecule has 1 atom stereocenters. The van der Waals surface area contributed by atoms with E-state index in [2.05, 4.69) is 43.2 Å². The Labute approximate surface area is 109 Å². The molecule has 96 valence electrons. The van der Waals surface area contributed by atoms with Gasteiger partial charge < -0.3 is 5.73 Å².